The summed E-state index contributed by atoms with van der Waals surface area (Å²) in [5, 5.41) is 3.77. The molecule has 9 heteroatoms. The Hall–Kier alpha value is -3.00. The standard InChI is InChI=1S/C26H27Cl2N3O4/c1-3-30-11-13-31(14-12-30)22-8-6-18(26(33)34-4-2)16-21(22)29-25(32)24-10-9-23(35-24)17-5-7-19(27)20(28)15-17/h5-10,15-16H,3-4,11-14H2,1-2H3,(H,29,32). The predicted octanol–water partition coefficient (Wildman–Crippen LogP) is 5.82. The van der Waals surface area contributed by atoms with Crippen LogP contribution in [0.5, 0.6) is 0 Å². The van der Waals surface area contributed by atoms with Crippen molar-refractivity contribution in [3.63, 3.8) is 0 Å². The van der Waals surface area contributed by atoms with Gasteiger partial charge in [0.25, 0.3) is 5.91 Å². The van der Waals surface area contributed by atoms with Gasteiger partial charge in [-0.2, -0.15) is 0 Å². The van der Waals surface area contributed by atoms with Gasteiger partial charge in [0.1, 0.15) is 5.76 Å². The molecule has 0 aliphatic carbocycles. The smallest absolute Gasteiger partial charge is 0.338 e. The zero-order chi connectivity index (χ0) is 24.9. The van der Waals surface area contributed by atoms with Crippen molar-refractivity contribution in [1.82, 2.24) is 4.90 Å². The average Bonchev–Trinajstić information content (AvgIpc) is 3.36. The SMILES string of the molecule is CCOC(=O)c1ccc(N2CCN(CC)CC2)c(NC(=O)c2ccc(-c3ccc(Cl)c(Cl)c3)o2)c1. The van der Waals surface area contributed by atoms with E-state index in [0.29, 0.717) is 32.6 Å². The van der Waals surface area contributed by atoms with E-state index >= 15 is 0 Å². The maximum atomic E-state index is 13.1. The summed E-state index contributed by atoms with van der Waals surface area (Å²) in [6.45, 7) is 8.65. The monoisotopic (exact) mass is 515 g/mol. The minimum atomic E-state index is -0.440. The van der Waals surface area contributed by atoms with Crippen LogP contribution >= 0.6 is 23.2 Å². The molecule has 1 fully saturated rings. The molecule has 0 saturated carbocycles. The molecule has 0 atom stereocenters. The Labute approximate surface area is 214 Å². The van der Waals surface area contributed by atoms with Crippen molar-refractivity contribution in [3.05, 3.63) is 69.9 Å². The fourth-order valence-corrected chi connectivity index (χ4v) is 4.30. The van der Waals surface area contributed by atoms with Crippen LogP contribution in [-0.2, 0) is 4.74 Å². The summed E-state index contributed by atoms with van der Waals surface area (Å²) < 4.78 is 10.9. The number of carbonyl (C=O) groups is 2. The molecule has 0 spiro atoms. The number of anilines is 2. The van der Waals surface area contributed by atoms with E-state index in [1.807, 2.05) is 6.07 Å². The van der Waals surface area contributed by atoms with E-state index in [-0.39, 0.29) is 12.4 Å². The molecule has 0 unspecified atom stereocenters. The molecule has 2 aromatic carbocycles. The lowest BCUT2D eigenvalue weighted by Gasteiger charge is -2.36. The van der Waals surface area contributed by atoms with Gasteiger partial charge in [0, 0.05) is 31.7 Å². The third kappa shape index (κ3) is 5.81. The highest BCUT2D eigenvalue weighted by atomic mass is 35.5. The maximum absolute atomic E-state index is 13.1. The van der Waals surface area contributed by atoms with E-state index in [9.17, 15) is 9.59 Å². The van der Waals surface area contributed by atoms with Crippen LogP contribution in [0.3, 0.4) is 0 Å². The first-order valence-electron chi connectivity index (χ1n) is 11.5. The highest BCUT2D eigenvalue weighted by Crippen LogP contribution is 2.32. The Morgan fingerprint density at radius 1 is 0.971 bits per heavy atom. The number of nitrogens with one attached hydrogen (secondary N) is 1. The van der Waals surface area contributed by atoms with E-state index in [4.69, 9.17) is 32.4 Å². The van der Waals surface area contributed by atoms with Gasteiger partial charge in [-0.25, -0.2) is 4.79 Å². The van der Waals surface area contributed by atoms with Crippen LogP contribution in [0.1, 0.15) is 34.8 Å². The molecule has 2 heterocycles. The number of hydrogen-bond donors (Lipinski definition) is 1. The van der Waals surface area contributed by atoms with Gasteiger partial charge in [-0.1, -0.05) is 30.1 Å². The van der Waals surface area contributed by atoms with E-state index in [1.54, 1.807) is 49.4 Å². The van der Waals surface area contributed by atoms with Crippen molar-refractivity contribution >= 4 is 46.5 Å². The summed E-state index contributed by atoms with van der Waals surface area (Å²) >= 11 is 12.1. The van der Waals surface area contributed by atoms with Crippen molar-refractivity contribution in [2.75, 3.05) is 49.5 Å². The number of esters is 1. The molecule has 4 rings (SSSR count). The highest BCUT2D eigenvalue weighted by molar-refractivity contribution is 6.42. The molecule has 1 aromatic heterocycles. The summed E-state index contributed by atoms with van der Waals surface area (Å²) in [4.78, 5) is 30.0. The summed E-state index contributed by atoms with van der Waals surface area (Å²) in [5.74, 6) is -0.240. The molecule has 1 N–H and O–H groups in total. The van der Waals surface area contributed by atoms with Crippen LogP contribution in [-0.4, -0.2) is 56.1 Å². The summed E-state index contributed by atoms with van der Waals surface area (Å²) in [6, 6.07) is 13.7. The Morgan fingerprint density at radius 3 is 2.43 bits per heavy atom. The van der Waals surface area contributed by atoms with Crippen molar-refractivity contribution in [2.24, 2.45) is 0 Å². The molecule has 1 amide bonds. The highest BCUT2D eigenvalue weighted by Gasteiger charge is 2.22. The number of nitrogens with zero attached hydrogens (tertiary/aromatic N) is 2. The van der Waals surface area contributed by atoms with Crippen molar-refractivity contribution in [3.8, 4) is 11.3 Å². The number of hydrogen-bond acceptors (Lipinski definition) is 6. The Kier molecular flexibility index (Phi) is 8.00. The van der Waals surface area contributed by atoms with E-state index in [2.05, 4.69) is 22.0 Å². The summed E-state index contributed by atoms with van der Waals surface area (Å²) in [7, 11) is 0. The second-order valence-corrected chi connectivity index (χ2v) is 8.94. The van der Waals surface area contributed by atoms with Crippen molar-refractivity contribution in [2.45, 2.75) is 13.8 Å². The lowest BCUT2D eigenvalue weighted by molar-refractivity contribution is 0.0526. The Balaban J connectivity index is 1.59. The van der Waals surface area contributed by atoms with Gasteiger partial charge in [0.15, 0.2) is 5.76 Å². The van der Waals surface area contributed by atoms with Crippen LogP contribution in [0.25, 0.3) is 11.3 Å². The number of halogens is 2. The lowest BCUT2D eigenvalue weighted by atomic mass is 10.1. The number of ether oxygens (including phenoxy) is 1. The Morgan fingerprint density at radius 2 is 1.74 bits per heavy atom. The molecule has 35 heavy (non-hydrogen) atoms. The molecule has 0 radical (unpaired) electrons. The molecule has 0 bridgehead atoms. The van der Waals surface area contributed by atoms with Crippen molar-refractivity contribution < 1.29 is 18.7 Å². The molecular weight excluding hydrogens is 489 g/mol. The van der Waals surface area contributed by atoms with Crippen LogP contribution in [0.15, 0.2) is 52.9 Å². The maximum Gasteiger partial charge on any atom is 0.338 e. The first-order valence-corrected chi connectivity index (χ1v) is 12.3. The first kappa shape index (κ1) is 25.1. The van der Waals surface area contributed by atoms with Gasteiger partial charge in [0.2, 0.25) is 0 Å². The normalized spacial score (nSPS) is 14.1. The number of piperazine rings is 1. The number of rotatable bonds is 7. The third-order valence-corrected chi connectivity index (χ3v) is 6.69. The van der Waals surface area contributed by atoms with Gasteiger partial charge in [-0.15, -0.1) is 0 Å². The summed E-state index contributed by atoms with van der Waals surface area (Å²) in [6.07, 6.45) is 0. The van der Waals surface area contributed by atoms with Crippen LogP contribution in [0, 0.1) is 0 Å². The number of likely N-dealkylation sites (N-methyl/N-ethyl adjacent to an activating group) is 1. The van der Waals surface area contributed by atoms with Gasteiger partial charge in [-0.3, -0.25) is 4.79 Å². The molecular formula is C26H27Cl2N3O4. The van der Waals surface area contributed by atoms with E-state index in [0.717, 1.165) is 38.4 Å². The number of amides is 1. The zero-order valence-electron chi connectivity index (χ0n) is 19.6. The largest absolute Gasteiger partial charge is 0.462 e. The van der Waals surface area contributed by atoms with E-state index in [1.165, 1.54) is 0 Å². The fourth-order valence-electron chi connectivity index (χ4n) is 4.01. The Bertz CT molecular complexity index is 1220. The van der Waals surface area contributed by atoms with E-state index < -0.39 is 11.9 Å². The predicted molar refractivity (Wildman–Crippen MR) is 139 cm³/mol. The van der Waals surface area contributed by atoms with Crippen LogP contribution in [0.2, 0.25) is 10.0 Å². The van der Waals surface area contributed by atoms with Gasteiger partial charge < -0.3 is 24.3 Å². The molecule has 1 aliphatic heterocycles. The molecule has 7 nitrogen and oxygen atoms in total. The van der Waals surface area contributed by atoms with Crippen molar-refractivity contribution in [1.29, 1.82) is 0 Å². The minimum absolute atomic E-state index is 0.134. The second kappa shape index (κ2) is 11.2. The molecule has 3 aromatic rings. The number of furan rings is 1. The number of benzene rings is 2. The van der Waals surface area contributed by atoms with Crippen LogP contribution in [0.4, 0.5) is 11.4 Å². The van der Waals surface area contributed by atoms with Crippen LogP contribution < -0.4 is 10.2 Å². The topological polar surface area (TPSA) is 75.0 Å². The quantitative estimate of drug-likeness (QED) is 0.399. The molecule has 1 aliphatic rings. The van der Waals surface area contributed by atoms with Gasteiger partial charge in [0.05, 0.1) is 33.6 Å². The minimum Gasteiger partial charge on any atom is -0.462 e. The van der Waals surface area contributed by atoms with Gasteiger partial charge >= 0.3 is 5.97 Å². The van der Waals surface area contributed by atoms with Gasteiger partial charge in [-0.05, 0) is 62.0 Å². The third-order valence-electron chi connectivity index (χ3n) is 5.95. The lowest BCUT2D eigenvalue weighted by Crippen LogP contribution is -2.46. The molecule has 184 valence electrons. The summed E-state index contributed by atoms with van der Waals surface area (Å²) in [5.41, 5.74) is 2.45. The first-order chi connectivity index (χ1) is 16.9. The fraction of sp³-hybridized carbons (Fsp3) is 0.308. The molecule has 1 saturated heterocycles. The second-order valence-electron chi connectivity index (χ2n) is 8.12. The zero-order valence-corrected chi connectivity index (χ0v) is 21.2. The number of carbonyl (C=O) groups excluding carboxylic acids is 2. The average molecular weight is 516 g/mol.